The maximum atomic E-state index is 5.67. The molecule has 0 saturated heterocycles. The highest BCUT2D eigenvalue weighted by Crippen LogP contribution is 2.31. The summed E-state index contributed by atoms with van der Waals surface area (Å²) in [6.07, 6.45) is 1.76. The van der Waals surface area contributed by atoms with Gasteiger partial charge in [-0.3, -0.25) is 0 Å². The summed E-state index contributed by atoms with van der Waals surface area (Å²) in [5, 5.41) is 0.986. The summed E-state index contributed by atoms with van der Waals surface area (Å²) in [6.45, 7) is 6.82. The molecule has 0 aliphatic rings. The predicted octanol–water partition coefficient (Wildman–Crippen LogP) is 3.03. The molecule has 0 aliphatic heterocycles. The van der Waals surface area contributed by atoms with Crippen LogP contribution in [0.5, 0.6) is 0 Å². The number of nitrogen functional groups attached to an aromatic ring is 1. The lowest BCUT2D eigenvalue weighted by molar-refractivity contribution is 0.0538. The van der Waals surface area contributed by atoms with Crippen molar-refractivity contribution in [3.05, 3.63) is 16.8 Å². The van der Waals surface area contributed by atoms with E-state index in [2.05, 4.69) is 35.3 Å². The Labute approximate surface area is 117 Å². The van der Waals surface area contributed by atoms with Gasteiger partial charge < -0.3 is 10.2 Å². The highest BCUT2D eigenvalue weighted by Gasteiger charge is 2.17. The summed E-state index contributed by atoms with van der Waals surface area (Å²) in [5.41, 5.74) is 2.67. The number of thiophene rings is 1. The van der Waals surface area contributed by atoms with Gasteiger partial charge in [-0.1, -0.05) is 13.8 Å². The molecule has 6 heteroatoms. The van der Waals surface area contributed by atoms with Crippen LogP contribution in [0.15, 0.2) is 6.07 Å². The predicted molar refractivity (Wildman–Crippen MR) is 79.3 cm³/mol. The smallest absolute Gasteiger partial charge is 0.161 e. The van der Waals surface area contributed by atoms with Crippen molar-refractivity contribution in [1.29, 1.82) is 0 Å². The molecule has 2 aromatic heterocycles. The lowest BCUT2D eigenvalue weighted by atomic mass is 10.2. The number of nitrogens with one attached hydrogen (secondary N) is 1. The zero-order valence-electron chi connectivity index (χ0n) is 11.6. The summed E-state index contributed by atoms with van der Waals surface area (Å²) >= 11 is 1.68. The molecule has 0 bridgehead atoms. The fourth-order valence-corrected chi connectivity index (χ4v) is 2.97. The van der Waals surface area contributed by atoms with Gasteiger partial charge in [-0.15, -0.1) is 11.3 Å². The van der Waals surface area contributed by atoms with Crippen LogP contribution in [0.3, 0.4) is 0 Å². The van der Waals surface area contributed by atoms with Crippen molar-refractivity contribution in [2.75, 3.05) is 12.0 Å². The molecule has 0 saturated carbocycles. The van der Waals surface area contributed by atoms with Crippen molar-refractivity contribution in [3.63, 3.8) is 0 Å². The third-order valence-electron chi connectivity index (χ3n) is 2.97. The van der Waals surface area contributed by atoms with Gasteiger partial charge in [0, 0.05) is 11.5 Å². The van der Waals surface area contributed by atoms with Crippen molar-refractivity contribution >= 4 is 27.4 Å². The van der Waals surface area contributed by atoms with Crippen molar-refractivity contribution in [2.45, 2.75) is 39.7 Å². The Bertz CT molecular complexity index is 555. The van der Waals surface area contributed by atoms with Crippen LogP contribution in [-0.2, 0) is 11.2 Å². The molecule has 2 rings (SSSR count). The molecule has 0 radical (unpaired) electrons. The first-order chi connectivity index (χ1) is 9.23. The molecular weight excluding hydrogens is 260 g/mol. The van der Waals surface area contributed by atoms with E-state index >= 15 is 0 Å². The van der Waals surface area contributed by atoms with Crippen molar-refractivity contribution in [2.24, 2.45) is 5.84 Å². The van der Waals surface area contributed by atoms with E-state index in [-0.39, 0.29) is 6.10 Å². The van der Waals surface area contributed by atoms with E-state index < -0.39 is 0 Å². The molecule has 1 unspecified atom stereocenters. The molecule has 2 aromatic rings. The summed E-state index contributed by atoms with van der Waals surface area (Å²) in [6, 6.07) is 2.10. The molecule has 19 heavy (non-hydrogen) atoms. The number of aromatic nitrogens is 2. The van der Waals surface area contributed by atoms with Crippen LogP contribution in [0.4, 0.5) is 5.82 Å². The second-order valence-corrected chi connectivity index (χ2v) is 5.33. The third-order valence-corrected chi connectivity index (χ3v) is 4.15. The van der Waals surface area contributed by atoms with Crippen LogP contribution in [0, 0.1) is 0 Å². The average Bonchev–Trinajstić information content (AvgIpc) is 2.86. The minimum Gasteiger partial charge on any atom is -0.371 e. The number of anilines is 1. The Morgan fingerprint density at radius 2 is 2.16 bits per heavy atom. The highest BCUT2D eigenvalue weighted by atomic mass is 32.1. The molecule has 3 N–H and O–H groups in total. The molecule has 104 valence electrons. The van der Waals surface area contributed by atoms with E-state index in [1.165, 1.54) is 4.88 Å². The summed E-state index contributed by atoms with van der Waals surface area (Å²) in [5.74, 6) is 6.95. The zero-order valence-corrected chi connectivity index (χ0v) is 12.4. The SMILES string of the molecule is CCOC(CC)c1nc(NN)c2cc(CC)sc2n1. The van der Waals surface area contributed by atoms with Crippen molar-refractivity contribution in [3.8, 4) is 0 Å². The first-order valence-corrected chi connectivity index (χ1v) is 7.43. The number of ether oxygens (including phenoxy) is 1. The molecular formula is C13H20N4OS. The molecule has 0 aliphatic carbocycles. The fraction of sp³-hybridized carbons (Fsp3) is 0.538. The summed E-state index contributed by atoms with van der Waals surface area (Å²) < 4.78 is 5.67. The number of hydrazine groups is 1. The molecule has 0 amide bonds. The number of fused-ring (bicyclic) bond motifs is 1. The molecule has 0 aromatic carbocycles. The quantitative estimate of drug-likeness (QED) is 0.628. The molecule has 1 atom stereocenters. The van der Waals surface area contributed by atoms with Crippen molar-refractivity contribution < 1.29 is 4.74 Å². The minimum atomic E-state index is -0.0753. The summed E-state index contributed by atoms with van der Waals surface area (Å²) in [4.78, 5) is 11.4. The van der Waals surface area contributed by atoms with Crippen LogP contribution >= 0.6 is 11.3 Å². The lowest BCUT2D eigenvalue weighted by Gasteiger charge is -2.14. The normalized spacial score (nSPS) is 12.8. The van der Waals surface area contributed by atoms with Crippen LogP contribution < -0.4 is 11.3 Å². The third kappa shape index (κ3) is 2.86. The number of rotatable bonds is 6. The van der Waals surface area contributed by atoms with Crippen LogP contribution in [0.25, 0.3) is 10.2 Å². The van der Waals surface area contributed by atoms with Gasteiger partial charge in [-0.25, -0.2) is 15.8 Å². The fourth-order valence-electron chi connectivity index (χ4n) is 1.99. The molecule has 0 spiro atoms. The molecule has 5 nitrogen and oxygen atoms in total. The lowest BCUT2D eigenvalue weighted by Crippen LogP contribution is -2.13. The summed E-state index contributed by atoms with van der Waals surface area (Å²) in [7, 11) is 0. The first kappa shape index (κ1) is 14.2. The molecule has 0 fully saturated rings. The minimum absolute atomic E-state index is 0.0753. The second kappa shape index (κ2) is 6.27. The van der Waals surface area contributed by atoms with E-state index in [1.54, 1.807) is 11.3 Å². The standard InChI is InChI=1S/C13H20N4OS/c1-4-8-7-9-11(17-14)15-12(16-13(9)19-8)10(5-2)18-6-3/h7,10H,4-6,14H2,1-3H3,(H,15,16,17). The Kier molecular flexibility index (Phi) is 4.68. The first-order valence-electron chi connectivity index (χ1n) is 6.61. The Balaban J connectivity index is 2.51. The van der Waals surface area contributed by atoms with Gasteiger partial charge in [0.05, 0.1) is 5.39 Å². The Hall–Kier alpha value is -1.24. The topological polar surface area (TPSA) is 73.1 Å². The van der Waals surface area contributed by atoms with Crippen LogP contribution in [0.1, 0.15) is 44.0 Å². The maximum absolute atomic E-state index is 5.67. The Morgan fingerprint density at radius 3 is 2.74 bits per heavy atom. The average molecular weight is 280 g/mol. The van der Waals surface area contributed by atoms with Gasteiger partial charge in [0.2, 0.25) is 0 Å². The maximum Gasteiger partial charge on any atom is 0.161 e. The molecule has 2 heterocycles. The van der Waals surface area contributed by atoms with Gasteiger partial charge in [0.15, 0.2) is 11.6 Å². The van der Waals surface area contributed by atoms with E-state index in [0.717, 1.165) is 23.1 Å². The largest absolute Gasteiger partial charge is 0.371 e. The number of hydrogen-bond donors (Lipinski definition) is 2. The van der Waals surface area contributed by atoms with Gasteiger partial charge in [0.1, 0.15) is 10.9 Å². The number of hydrogen-bond acceptors (Lipinski definition) is 6. The van der Waals surface area contributed by atoms with Crippen LogP contribution in [-0.4, -0.2) is 16.6 Å². The van der Waals surface area contributed by atoms with Gasteiger partial charge in [0.25, 0.3) is 0 Å². The van der Waals surface area contributed by atoms with E-state index in [9.17, 15) is 0 Å². The van der Waals surface area contributed by atoms with Gasteiger partial charge in [-0.05, 0) is 25.8 Å². The monoisotopic (exact) mass is 280 g/mol. The van der Waals surface area contributed by atoms with E-state index in [4.69, 9.17) is 10.6 Å². The number of nitrogens with zero attached hydrogens (tertiary/aromatic N) is 2. The van der Waals surface area contributed by atoms with Gasteiger partial charge in [-0.2, -0.15) is 0 Å². The second-order valence-electron chi connectivity index (χ2n) is 4.21. The number of nitrogens with two attached hydrogens (primary N) is 1. The van der Waals surface area contributed by atoms with E-state index in [0.29, 0.717) is 18.2 Å². The van der Waals surface area contributed by atoms with E-state index in [1.807, 2.05) is 6.92 Å². The zero-order chi connectivity index (χ0) is 13.8. The number of aryl methyl sites for hydroxylation is 1. The van der Waals surface area contributed by atoms with Crippen LogP contribution in [0.2, 0.25) is 0 Å². The Morgan fingerprint density at radius 1 is 1.37 bits per heavy atom. The van der Waals surface area contributed by atoms with Gasteiger partial charge >= 0.3 is 0 Å². The highest BCUT2D eigenvalue weighted by molar-refractivity contribution is 7.18. The van der Waals surface area contributed by atoms with Crippen molar-refractivity contribution in [1.82, 2.24) is 9.97 Å².